The van der Waals surface area contributed by atoms with Crippen LogP contribution in [0.25, 0.3) is 0 Å². The highest BCUT2D eigenvalue weighted by atomic mass is 16.5. The van der Waals surface area contributed by atoms with E-state index in [9.17, 15) is 4.79 Å². The highest BCUT2D eigenvalue weighted by molar-refractivity contribution is 5.85. The van der Waals surface area contributed by atoms with Crippen molar-refractivity contribution >= 4 is 5.91 Å². The van der Waals surface area contributed by atoms with E-state index in [0.717, 1.165) is 25.1 Å². The highest BCUT2D eigenvalue weighted by Crippen LogP contribution is 2.39. The van der Waals surface area contributed by atoms with Gasteiger partial charge in [-0.05, 0) is 17.5 Å². The van der Waals surface area contributed by atoms with Gasteiger partial charge in [0.2, 0.25) is 5.91 Å². The lowest BCUT2D eigenvalue weighted by Crippen LogP contribution is -2.42. The van der Waals surface area contributed by atoms with Crippen molar-refractivity contribution in [3.63, 3.8) is 0 Å². The average Bonchev–Trinajstić information content (AvgIpc) is 3.36. The summed E-state index contributed by atoms with van der Waals surface area (Å²) in [5.41, 5.74) is 3.50. The van der Waals surface area contributed by atoms with Crippen LogP contribution in [0.4, 0.5) is 0 Å². The molecule has 5 rings (SSSR count). The van der Waals surface area contributed by atoms with Crippen molar-refractivity contribution in [2.24, 2.45) is 0 Å². The summed E-state index contributed by atoms with van der Waals surface area (Å²) in [6.07, 6.45) is 0.533. The molecule has 30 heavy (non-hydrogen) atoms. The summed E-state index contributed by atoms with van der Waals surface area (Å²) in [6, 6.07) is 30.9. The molecular weight excluding hydrogens is 372 g/mol. The third-order valence-corrected chi connectivity index (χ3v) is 6.11. The molecule has 3 aromatic carbocycles. The Balaban J connectivity index is 1.41. The number of ether oxygens (including phenoxy) is 1. The zero-order valence-electron chi connectivity index (χ0n) is 16.9. The second-order valence-electron chi connectivity index (χ2n) is 8.12. The van der Waals surface area contributed by atoms with Gasteiger partial charge in [-0.25, -0.2) is 0 Å². The van der Waals surface area contributed by atoms with Gasteiger partial charge < -0.3 is 9.64 Å². The fraction of sp³-hybridized carbons (Fsp3) is 0.269. The van der Waals surface area contributed by atoms with Gasteiger partial charge in [0.15, 0.2) is 6.23 Å². The molecule has 1 unspecified atom stereocenters. The molecule has 1 amide bonds. The average molecular weight is 399 g/mol. The van der Waals surface area contributed by atoms with Gasteiger partial charge in [0.1, 0.15) is 0 Å². The first-order valence-electron chi connectivity index (χ1n) is 10.6. The molecule has 2 saturated heterocycles. The van der Waals surface area contributed by atoms with Crippen LogP contribution in [0.2, 0.25) is 0 Å². The van der Waals surface area contributed by atoms with Crippen molar-refractivity contribution in [2.75, 3.05) is 6.61 Å². The first kappa shape index (κ1) is 19.0. The fourth-order valence-corrected chi connectivity index (χ4v) is 4.65. The highest BCUT2D eigenvalue weighted by Gasteiger charge is 2.49. The largest absolute Gasteiger partial charge is 0.352 e. The molecule has 0 spiro atoms. The van der Waals surface area contributed by atoms with Gasteiger partial charge in [-0.15, -0.1) is 0 Å². The molecule has 2 heterocycles. The monoisotopic (exact) mass is 398 g/mol. The van der Waals surface area contributed by atoms with E-state index in [1.165, 1.54) is 11.1 Å². The summed E-state index contributed by atoms with van der Waals surface area (Å²) in [5, 5.41) is 0. The molecule has 4 heteroatoms. The normalized spacial score (nSPS) is 23.2. The number of hydrogen-bond donors (Lipinski definition) is 0. The SMILES string of the molecule is O=C1C(N(Cc2ccccc2)Cc2ccccc2)C[C@H]2CO[C@H](c3ccccc3)N12. The first-order chi connectivity index (χ1) is 14.8. The van der Waals surface area contributed by atoms with Gasteiger partial charge in [0, 0.05) is 18.7 Å². The Kier molecular flexibility index (Phi) is 5.35. The van der Waals surface area contributed by atoms with E-state index in [-0.39, 0.29) is 24.2 Å². The predicted octanol–water partition coefficient (Wildman–Crippen LogP) is 4.39. The van der Waals surface area contributed by atoms with E-state index in [2.05, 4.69) is 53.4 Å². The Morgan fingerprint density at radius 2 is 1.33 bits per heavy atom. The van der Waals surface area contributed by atoms with Crippen molar-refractivity contribution in [1.82, 2.24) is 9.80 Å². The maximum atomic E-state index is 13.6. The van der Waals surface area contributed by atoms with Crippen LogP contribution in [0.1, 0.15) is 29.3 Å². The number of carbonyl (C=O) groups is 1. The van der Waals surface area contributed by atoms with E-state index in [1.807, 2.05) is 47.4 Å². The van der Waals surface area contributed by atoms with Crippen molar-refractivity contribution in [3.05, 3.63) is 108 Å². The number of fused-ring (bicyclic) bond motifs is 1. The minimum atomic E-state index is -0.274. The number of benzene rings is 3. The van der Waals surface area contributed by atoms with Gasteiger partial charge in [-0.3, -0.25) is 9.69 Å². The molecule has 0 radical (unpaired) electrons. The molecule has 152 valence electrons. The molecule has 0 aliphatic carbocycles. The first-order valence-corrected chi connectivity index (χ1v) is 10.6. The lowest BCUT2D eigenvalue weighted by Gasteiger charge is -2.29. The summed E-state index contributed by atoms with van der Waals surface area (Å²) in [4.78, 5) is 17.9. The van der Waals surface area contributed by atoms with Gasteiger partial charge in [0.05, 0.1) is 18.7 Å². The van der Waals surface area contributed by atoms with Gasteiger partial charge in [-0.1, -0.05) is 91.0 Å². The summed E-state index contributed by atoms with van der Waals surface area (Å²) >= 11 is 0. The van der Waals surface area contributed by atoms with E-state index in [1.54, 1.807) is 0 Å². The zero-order valence-corrected chi connectivity index (χ0v) is 16.9. The summed E-state index contributed by atoms with van der Waals surface area (Å²) in [5.74, 6) is 0.179. The van der Waals surface area contributed by atoms with E-state index >= 15 is 0 Å². The number of nitrogens with zero attached hydrogens (tertiary/aromatic N) is 2. The topological polar surface area (TPSA) is 32.8 Å². The lowest BCUT2D eigenvalue weighted by molar-refractivity contribution is -0.139. The van der Waals surface area contributed by atoms with Crippen molar-refractivity contribution in [3.8, 4) is 0 Å². The summed E-state index contributed by atoms with van der Waals surface area (Å²) < 4.78 is 6.03. The molecule has 3 aromatic rings. The third kappa shape index (κ3) is 3.76. The predicted molar refractivity (Wildman–Crippen MR) is 116 cm³/mol. The molecule has 0 bridgehead atoms. The smallest absolute Gasteiger partial charge is 0.242 e. The van der Waals surface area contributed by atoms with Crippen LogP contribution in [0.15, 0.2) is 91.0 Å². The molecule has 2 fully saturated rings. The van der Waals surface area contributed by atoms with E-state index < -0.39 is 0 Å². The maximum Gasteiger partial charge on any atom is 0.242 e. The van der Waals surface area contributed by atoms with Crippen LogP contribution in [0.5, 0.6) is 0 Å². The number of hydrogen-bond acceptors (Lipinski definition) is 3. The second kappa shape index (κ2) is 8.42. The second-order valence-corrected chi connectivity index (χ2v) is 8.12. The van der Waals surface area contributed by atoms with Crippen molar-refractivity contribution < 1.29 is 9.53 Å². The molecule has 0 N–H and O–H groups in total. The van der Waals surface area contributed by atoms with Crippen LogP contribution < -0.4 is 0 Å². The number of amides is 1. The Hall–Kier alpha value is -2.95. The molecule has 4 nitrogen and oxygen atoms in total. The van der Waals surface area contributed by atoms with Crippen LogP contribution in [-0.4, -0.2) is 34.4 Å². The number of rotatable bonds is 6. The van der Waals surface area contributed by atoms with Crippen LogP contribution in [-0.2, 0) is 22.6 Å². The summed E-state index contributed by atoms with van der Waals surface area (Å²) in [6.45, 7) is 2.11. The van der Waals surface area contributed by atoms with Crippen LogP contribution >= 0.6 is 0 Å². The molecular formula is C26H26N2O2. The minimum Gasteiger partial charge on any atom is -0.352 e. The summed E-state index contributed by atoms with van der Waals surface area (Å²) in [7, 11) is 0. The minimum absolute atomic E-state index is 0.134. The Bertz CT molecular complexity index is 936. The van der Waals surface area contributed by atoms with E-state index in [0.29, 0.717) is 6.61 Å². The molecule has 0 saturated carbocycles. The van der Waals surface area contributed by atoms with E-state index in [4.69, 9.17) is 4.74 Å². The van der Waals surface area contributed by atoms with Crippen LogP contribution in [0, 0.1) is 0 Å². The Labute approximate surface area is 177 Å². The van der Waals surface area contributed by atoms with Crippen molar-refractivity contribution in [2.45, 2.75) is 37.8 Å². The fourth-order valence-electron chi connectivity index (χ4n) is 4.65. The van der Waals surface area contributed by atoms with Gasteiger partial charge >= 0.3 is 0 Å². The third-order valence-electron chi connectivity index (χ3n) is 6.11. The van der Waals surface area contributed by atoms with Gasteiger partial charge in [0.25, 0.3) is 0 Å². The zero-order chi connectivity index (χ0) is 20.3. The Morgan fingerprint density at radius 3 is 1.90 bits per heavy atom. The molecule has 2 aliphatic rings. The quantitative estimate of drug-likeness (QED) is 0.617. The lowest BCUT2D eigenvalue weighted by atomic mass is 10.1. The van der Waals surface area contributed by atoms with Crippen LogP contribution in [0.3, 0.4) is 0 Å². The molecule has 3 atom stereocenters. The Morgan fingerprint density at radius 1 is 0.800 bits per heavy atom. The standard InChI is InChI=1S/C26H26N2O2/c29-25-24(16-23-19-30-26(28(23)25)22-14-8-3-9-15-22)27(17-20-10-4-1-5-11-20)18-21-12-6-2-7-13-21/h1-15,23-24,26H,16-19H2/t23-,24?,26+/m0/s1. The van der Waals surface area contributed by atoms with Gasteiger partial charge in [-0.2, -0.15) is 0 Å². The molecule has 2 aliphatic heterocycles. The van der Waals surface area contributed by atoms with Crippen molar-refractivity contribution in [1.29, 1.82) is 0 Å². The number of carbonyl (C=O) groups excluding carboxylic acids is 1. The maximum absolute atomic E-state index is 13.6. The molecule has 0 aromatic heterocycles.